The Morgan fingerprint density at radius 2 is 1.68 bits per heavy atom. The number of aromatic nitrogens is 1. The molecule has 0 unspecified atom stereocenters. The first-order valence-electron chi connectivity index (χ1n) is 8.39. The molecule has 2 rings (SSSR count). The molecule has 0 amide bonds. The number of benzene rings is 1. The maximum Gasteiger partial charge on any atom is 0.125 e. The van der Waals surface area contributed by atoms with Gasteiger partial charge in [-0.25, -0.2) is 0 Å². The minimum atomic E-state index is 0.964. The molecule has 0 spiro atoms. The summed E-state index contributed by atoms with van der Waals surface area (Å²) in [6, 6.07) is 8.66. The van der Waals surface area contributed by atoms with Gasteiger partial charge in [0.25, 0.3) is 0 Å². The van der Waals surface area contributed by atoms with Crippen LogP contribution in [0.3, 0.4) is 0 Å². The van der Waals surface area contributed by atoms with Crippen molar-refractivity contribution in [3.63, 3.8) is 0 Å². The van der Waals surface area contributed by atoms with Gasteiger partial charge in [-0.3, -0.25) is 4.98 Å². The molecule has 1 heterocycles. The Morgan fingerprint density at radius 1 is 1.00 bits per heavy atom. The van der Waals surface area contributed by atoms with Crippen molar-refractivity contribution in [1.82, 2.24) is 4.98 Å². The molecule has 1 aromatic heterocycles. The summed E-state index contributed by atoms with van der Waals surface area (Å²) in [5.41, 5.74) is 6.24. The van der Waals surface area contributed by atoms with E-state index in [4.69, 9.17) is 9.72 Å². The van der Waals surface area contributed by atoms with Crippen molar-refractivity contribution in [2.24, 2.45) is 0 Å². The maximum absolute atomic E-state index is 5.61. The minimum absolute atomic E-state index is 0.964. The lowest BCUT2D eigenvalue weighted by Gasteiger charge is -2.15. The summed E-state index contributed by atoms with van der Waals surface area (Å²) in [5.74, 6) is 0.964. The zero-order chi connectivity index (χ0) is 15.9. The Hall–Kier alpha value is -1.83. The van der Waals surface area contributed by atoms with Crippen LogP contribution >= 0.6 is 0 Å². The Morgan fingerprint density at radius 3 is 2.23 bits per heavy atom. The molecule has 22 heavy (non-hydrogen) atoms. The van der Waals surface area contributed by atoms with Gasteiger partial charge in [-0.1, -0.05) is 45.4 Å². The molecule has 0 saturated carbocycles. The van der Waals surface area contributed by atoms with Crippen LogP contribution < -0.4 is 4.74 Å². The van der Waals surface area contributed by atoms with Crippen LogP contribution in [0, 0.1) is 0 Å². The monoisotopic (exact) mass is 297 g/mol. The SMILES string of the molecule is CCCCc1cnc(-c2c(CC)cccc2CC)cc1OC. The molecular formula is C20H27NO. The zero-order valence-electron chi connectivity index (χ0n) is 14.3. The second kappa shape index (κ2) is 7.98. The van der Waals surface area contributed by atoms with Gasteiger partial charge in [0.2, 0.25) is 0 Å². The molecule has 2 nitrogen and oxygen atoms in total. The van der Waals surface area contributed by atoms with Crippen molar-refractivity contribution in [3.8, 4) is 17.0 Å². The number of methoxy groups -OCH3 is 1. The highest BCUT2D eigenvalue weighted by molar-refractivity contribution is 5.69. The van der Waals surface area contributed by atoms with Crippen LogP contribution in [0.2, 0.25) is 0 Å². The summed E-state index contributed by atoms with van der Waals surface area (Å²) in [7, 11) is 1.75. The molecule has 0 fully saturated rings. The summed E-state index contributed by atoms with van der Waals surface area (Å²) in [4.78, 5) is 4.75. The Balaban J connectivity index is 2.49. The lowest BCUT2D eigenvalue weighted by Crippen LogP contribution is -1.99. The topological polar surface area (TPSA) is 22.1 Å². The van der Waals surface area contributed by atoms with Crippen molar-refractivity contribution < 1.29 is 4.74 Å². The first-order valence-corrected chi connectivity index (χ1v) is 8.39. The number of rotatable bonds is 7. The van der Waals surface area contributed by atoms with Crippen molar-refractivity contribution in [2.45, 2.75) is 52.9 Å². The first-order chi connectivity index (χ1) is 10.7. The van der Waals surface area contributed by atoms with E-state index >= 15 is 0 Å². The molecule has 1 aromatic carbocycles. The highest BCUT2D eigenvalue weighted by Gasteiger charge is 2.13. The number of hydrogen-bond acceptors (Lipinski definition) is 2. The molecule has 0 saturated heterocycles. The van der Waals surface area contributed by atoms with E-state index in [2.05, 4.69) is 45.0 Å². The van der Waals surface area contributed by atoms with Gasteiger partial charge in [-0.2, -0.15) is 0 Å². The molecule has 0 aliphatic carbocycles. The van der Waals surface area contributed by atoms with Crippen LogP contribution in [0.25, 0.3) is 11.3 Å². The van der Waals surface area contributed by atoms with Gasteiger partial charge in [-0.05, 0) is 36.8 Å². The van der Waals surface area contributed by atoms with Gasteiger partial charge in [0, 0.05) is 23.4 Å². The van der Waals surface area contributed by atoms with E-state index in [0.29, 0.717) is 0 Å². The predicted molar refractivity (Wildman–Crippen MR) is 93.6 cm³/mol. The summed E-state index contributed by atoms with van der Waals surface area (Å²) < 4.78 is 5.61. The highest BCUT2D eigenvalue weighted by Crippen LogP contribution is 2.31. The third kappa shape index (κ3) is 3.49. The molecule has 0 bridgehead atoms. The molecule has 0 aliphatic rings. The van der Waals surface area contributed by atoms with Crippen molar-refractivity contribution >= 4 is 0 Å². The molecule has 2 aromatic rings. The number of hydrogen-bond donors (Lipinski definition) is 0. The second-order valence-corrected chi connectivity index (χ2v) is 5.64. The highest BCUT2D eigenvalue weighted by atomic mass is 16.5. The van der Waals surface area contributed by atoms with E-state index in [1.165, 1.54) is 35.1 Å². The van der Waals surface area contributed by atoms with Gasteiger partial charge in [-0.15, -0.1) is 0 Å². The normalized spacial score (nSPS) is 10.7. The lowest BCUT2D eigenvalue weighted by molar-refractivity contribution is 0.408. The van der Waals surface area contributed by atoms with E-state index in [0.717, 1.165) is 30.7 Å². The molecule has 2 heteroatoms. The minimum Gasteiger partial charge on any atom is -0.496 e. The van der Waals surface area contributed by atoms with Crippen molar-refractivity contribution in [1.29, 1.82) is 0 Å². The Kier molecular flexibility index (Phi) is 6.00. The number of pyridine rings is 1. The molecule has 0 atom stereocenters. The zero-order valence-corrected chi connectivity index (χ0v) is 14.3. The molecule has 0 N–H and O–H groups in total. The number of unbranched alkanes of at least 4 members (excludes halogenated alkanes) is 1. The average molecular weight is 297 g/mol. The molecular weight excluding hydrogens is 270 g/mol. The standard InChI is InChI=1S/C20H27NO/c1-5-8-10-17-14-21-18(13-19(17)22-4)20-15(6-2)11-9-12-16(20)7-3/h9,11-14H,5-8,10H2,1-4H3. The third-order valence-corrected chi connectivity index (χ3v) is 4.22. The molecule has 118 valence electrons. The van der Waals surface area contributed by atoms with Gasteiger partial charge < -0.3 is 4.74 Å². The summed E-state index contributed by atoms with van der Waals surface area (Å²) in [6.07, 6.45) is 7.42. The van der Waals surface area contributed by atoms with Crippen LogP contribution in [-0.2, 0) is 19.3 Å². The summed E-state index contributed by atoms with van der Waals surface area (Å²) in [6.45, 7) is 6.61. The summed E-state index contributed by atoms with van der Waals surface area (Å²) >= 11 is 0. The summed E-state index contributed by atoms with van der Waals surface area (Å²) in [5, 5.41) is 0. The number of nitrogens with zero attached hydrogens (tertiary/aromatic N) is 1. The maximum atomic E-state index is 5.61. The predicted octanol–water partition coefficient (Wildman–Crippen LogP) is 5.22. The second-order valence-electron chi connectivity index (χ2n) is 5.64. The van der Waals surface area contributed by atoms with Crippen molar-refractivity contribution in [2.75, 3.05) is 7.11 Å². The van der Waals surface area contributed by atoms with Gasteiger partial charge >= 0.3 is 0 Å². The lowest BCUT2D eigenvalue weighted by atomic mass is 9.94. The van der Waals surface area contributed by atoms with E-state index in [-0.39, 0.29) is 0 Å². The molecule has 0 aliphatic heterocycles. The fraction of sp³-hybridized carbons (Fsp3) is 0.450. The fourth-order valence-electron chi connectivity index (χ4n) is 2.92. The van der Waals surface area contributed by atoms with E-state index in [9.17, 15) is 0 Å². The Labute approximate surface area is 134 Å². The third-order valence-electron chi connectivity index (χ3n) is 4.22. The number of ether oxygens (including phenoxy) is 1. The van der Waals surface area contributed by atoms with Crippen molar-refractivity contribution in [3.05, 3.63) is 47.2 Å². The van der Waals surface area contributed by atoms with Gasteiger partial charge in [0.05, 0.1) is 12.8 Å². The fourth-order valence-corrected chi connectivity index (χ4v) is 2.92. The van der Waals surface area contributed by atoms with Crippen LogP contribution in [0.5, 0.6) is 5.75 Å². The average Bonchev–Trinajstić information content (AvgIpc) is 2.58. The molecule has 0 radical (unpaired) electrons. The van der Waals surface area contributed by atoms with Crippen LogP contribution in [0.15, 0.2) is 30.5 Å². The van der Waals surface area contributed by atoms with E-state index < -0.39 is 0 Å². The van der Waals surface area contributed by atoms with Crippen LogP contribution in [0.1, 0.15) is 50.3 Å². The van der Waals surface area contributed by atoms with Gasteiger partial charge in [0.1, 0.15) is 5.75 Å². The van der Waals surface area contributed by atoms with Crippen LogP contribution in [0.4, 0.5) is 0 Å². The van der Waals surface area contributed by atoms with E-state index in [1.807, 2.05) is 6.20 Å². The van der Waals surface area contributed by atoms with E-state index in [1.54, 1.807) is 7.11 Å². The smallest absolute Gasteiger partial charge is 0.125 e. The Bertz CT molecular complexity index is 597. The van der Waals surface area contributed by atoms with Crippen LogP contribution in [-0.4, -0.2) is 12.1 Å². The largest absolute Gasteiger partial charge is 0.496 e. The van der Waals surface area contributed by atoms with Gasteiger partial charge in [0.15, 0.2) is 0 Å². The number of aryl methyl sites for hydroxylation is 3. The first kappa shape index (κ1) is 16.5. The quantitative estimate of drug-likeness (QED) is 0.698.